The maximum atomic E-state index is 11.6. The lowest BCUT2D eigenvalue weighted by Gasteiger charge is -2.17. The van der Waals surface area contributed by atoms with E-state index in [9.17, 15) is 14.4 Å². The molecule has 6 heteroatoms. The summed E-state index contributed by atoms with van der Waals surface area (Å²) < 4.78 is 0. The summed E-state index contributed by atoms with van der Waals surface area (Å²) in [5.74, 6) is -1.55. The number of likely N-dealkylation sites (tertiary alicyclic amines) is 2. The molecular weight excluding hydrogens is 210 g/mol. The third-order valence-corrected chi connectivity index (χ3v) is 3.20. The fourth-order valence-corrected chi connectivity index (χ4v) is 2.29. The van der Waals surface area contributed by atoms with Crippen molar-refractivity contribution in [1.29, 1.82) is 5.26 Å². The maximum Gasteiger partial charge on any atom is 0.236 e. The second kappa shape index (κ2) is 3.59. The summed E-state index contributed by atoms with van der Waals surface area (Å²) in [6.45, 7) is 0.528. The third-order valence-electron chi connectivity index (χ3n) is 3.20. The summed E-state index contributed by atoms with van der Waals surface area (Å²) in [5.41, 5.74) is 0. The highest BCUT2D eigenvalue weighted by molar-refractivity contribution is 6.06. The van der Waals surface area contributed by atoms with E-state index >= 15 is 0 Å². The first kappa shape index (κ1) is 10.6. The van der Waals surface area contributed by atoms with Gasteiger partial charge in [-0.3, -0.25) is 19.3 Å². The van der Waals surface area contributed by atoms with Gasteiger partial charge in [-0.25, -0.2) is 0 Å². The molecule has 0 aromatic heterocycles. The minimum Gasteiger partial charge on any atom is -0.340 e. The van der Waals surface area contributed by atoms with E-state index in [0.29, 0.717) is 0 Å². The van der Waals surface area contributed by atoms with Crippen LogP contribution in [0.25, 0.3) is 0 Å². The smallest absolute Gasteiger partial charge is 0.236 e. The second-order valence-electron chi connectivity index (χ2n) is 4.08. The number of hydrogen-bond acceptors (Lipinski definition) is 4. The van der Waals surface area contributed by atoms with Gasteiger partial charge in [-0.15, -0.1) is 0 Å². The van der Waals surface area contributed by atoms with Crippen molar-refractivity contribution >= 4 is 17.7 Å². The summed E-state index contributed by atoms with van der Waals surface area (Å²) in [5, 5.41) is 8.41. The van der Waals surface area contributed by atoms with E-state index in [0.717, 1.165) is 4.90 Å². The fourth-order valence-electron chi connectivity index (χ4n) is 2.29. The van der Waals surface area contributed by atoms with E-state index < -0.39 is 11.8 Å². The molecule has 0 aromatic rings. The lowest BCUT2D eigenvalue weighted by Crippen LogP contribution is -2.35. The molecule has 2 fully saturated rings. The summed E-state index contributed by atoms with van der Waals surface area (Å²) in [6, 6.07) is 1.77. The monoisotopic (exact) mass is 221 g/mol. The Labute approximate surface area is 92.4 Å². The predicted octanol–water partition coefficient (Wildman–Crippen LogP) is -1.03. The Balaban J connectivity index is 2.11. The quantitative estimate of drug-likeness (QED) is 0.530. The van der Waals surface area contributed by atoms with Crippen molar-refractivity contribution in [2.24, 2.45) is 11.8 Å². The van der Waals surface area contributed by atoms with E-state index in [-0.39, 0.29) is 37.2 Å². The number of rotatable bonds is 1. The van der Waals surface area contributed by atoms with Crippen LogP contribution in [-0.2, 0) is 14.4 Å². The molecule has 2 saturated heterocycles. The highest BCUT2D eigenvalue weighted by Crippen LogP contribution is 2.32. The largest absolute Gasteiger partial charge is 0.340 e. The zero-order chi connectivity index (χ0) is 11.9. The zero-order valence-electron chi connectivity index (χ0n) is 8.84. The van der Waals surface area contributed by atoms with Gasteiger partial charge in [0.05, 0.1) is 17.9 Å². The molecule has 2 rings (SSSR count). The molecule has 6 nitrogen and oxygen atoms in total. The van der Waals surface area contributed by atoms with Crippen molar-refractivity contribution in [2.45, 2.75) is 6.42 Å². The summed E-state index contributed by atoms with van der Waals surface area (Å²) in [4.78, 5) is 37.2. The molecule has 2 aliphatic rings. The summed E-state index contributed by atoms with van der Waals surface area (Å²) >= 11 is 0. The van der Waals surface area contributed by atoms with Crippen LogP contribution >= 0.6 is 0 Å². The lowest BCUT2D eigenvalue weighted by molar-refractivity contribution is -0.139. The number of amides is 3. The molecule has 0 aliphatic carbocycles. The van der Waals surface area contributed by atoms with Gasteiger partial charge in [0, 0.05) is 20.1 Å². The van der Waals surface area contributed by atoms with Gasteiger partial charge in [-0.2, -0.15) is 5.26 Å². The number of nitrogens with zero attached hydrogens (tertiary/aromatic N) is 3. The first-order chi connectivity index (χ1) is 7.56. The van der Waals surface area contributed by atoms with Crippen molar-refractivity contribution in [3.8, 4) is 6.07 Å². The fraction of sp³-hybridized carbons (Fsp3) is 0.600. The number of fused-ring (bicyclic) bond motifs is 1. The summed E-state index contributed by atoms with van der Waals surface area (Å²) in [7, 11) is 1.46. The molecule has 0 saturated carbocycles. The van der Waals surface area contributed by atoms with E-state index in [4.69, 9.17) is 5.26 Å². The Morgan fingerprint density at radius 1 is 1.38 bits per heavy atom. The number of carbonyl (C=O) groups is 3. The SMILES string of the molecule is CN1C(=O)[C@H]2CN(C(=O)CC#N)C[C@@H]2C1=O. The predicted molar refractivity (Wildman–Crippen MR) is 51.6 cm³/mol. The highest BCUT2D eigenvalue weighted by Gasteiger charge is 2.51. The number of carbonyl (C=O) groups excluding carboxylic acids is 3. The van der Waals surface area contributed by atoms with E-state index in [1.807, 2.05) is 0 Å². The minimum absolute atomic E-state index is 0.197. The first-order valence-corrected chi connectivity index (χ1v) is 5.02. The number of imide groups is 1. The lowest BCUT2D eigenvalue weighted by atomic mass is 10.00. The molecular formula is C10H11N3O3. The van der Waals surface area contributed by atoms with Crippen molar-refractivity contribution in [3.05, 3.63) is 0 Å². The average Bonchev–Trinajstić information content (AvgIpc) is 2.77. The number of nitriles is 1. The Morgan fingerprint density at radius 2 is 1.88 bits per heavy atom. The Bertz CT molecular complexity index is 388. The van der Waals surface area contributed by atoms with Crippen LogP contribution in [0.5, 0.6) is 0 Å². The molecule has 0 aromatic carbocycles. The molecule has 0 N–H and O–H groups in total. The molecule has 2 heterocycles. The maximum absolute atomic E-state index is 11.6. The average molecular weight is 221 g/mol. The molecule has 3 amide bonds. The van der Waals surface area contributed by atoms with Gasteiger partial charge in [0.15, 0.2) is 0 Å². The van der Waals surface area contributed by atoms with Crippen LogP contribution < -0.4 is 0 Å². The molecule has 2 aliphatic heterocycles. The van der Waals surface area contributed by atoms with Crippen LogP contribution in [-0.4, -0.2) is 47.7 Å². The molecule has 2 atom stereocenters. The Kier molecular flexibility index (Phi) is 2.38. The second-order valence-corrected chi connectivity index (χ2v) is 4.08. The van der Waals surface area contributed by atoms with Gasteiger partial charge < -0.3 is 4.90 Å². The van der Waals surface area contributed by atoms with Gasteiger partial charge in [-0.05, 0) is 0 Å². The molecule has 84 valence electrons. The zero-order valence-corrected chi connectivity index (χ0v) is 8.84. The van der Waals surface area contributed by atoms with Crippen LogP contribution in [0.15, 0.2) is 0 Å². The van der Waals surface area contributed by atoms with Crippen molar-refractivity contribution < 1.29 is 14.4 Å². The van der Waals surface area contributed by atoms with Crippen molar-refractivity contribution in [3.63, 3.8) is 0 Å². The van der Waals surface area contributed by atoms with E-state index in [1.54, 1.807) is 6.07 Å². The van der Waals surface area contributed by atoms with Gasteiger partial charge in [0.2, 0.25) is 17.7 Å². The van der Waals surface area contributed by atoms with Crippen LogP contribution in [0.2, 0.25) is 0 Å². The molecule has 0 radical (unpaired) electrons. The van der Waals surface area contributed by atoms with Gasteiger partial charge in [0.1, 0.15) is 6.42 Å². The van der Waals surface area contributed by atoms with Crippen molar-refractivity contribution in [2.75, 3.05) is 20.1 Å². The van der Waals surface area contributed by atoms with Crippen LogP contribution in [0.3, 0.4) is 0 Å². The van der Waals surface area contributed by atoms with Crippen molar-refractivity contribution in [1.82, 2.24) is 9.80 Å². The van der Waals surface area contributed by atoms with Gasteiger partial charge in [0.25, 0.3) is 0 Å². The van der Waals surface area contributed by atoms with Crippen LogP contribution in [0.4, 0.5) is 0 Å². The van der Waals surface area contributed by atoms with E-state index in [1.165, 1.54) is 11.9 Å². The minimum atomic E-state index is -0.403. The van der Waals surface area contributed by atoms with Crippen LogP contribution in [0.1, 0.15) is 6.42 Å². The normalized spacial score (nSPS) is 28.2. The first-order valence-electron chi connectivity index (χ1n) is 5.02. The molecule has 16 heavy (non-hydrogen) atoms. The third kappa shape index (κ3) is 1.36. The molecule has 0 spiro atoms. The Morgan fingerprint density at radius 3 is 2.31 bits per heavy atom. The standard InChI is InChI=1S/C10H11N3O3/c1-12-9(15)6-4-13(8(14)2-3-11)5-7(6)10(12)16/h6-7H,2,4-5H2,1H3/t6-,7-/m0/s1. The summed E-state index contributed by atoms with van der Waals surface area (Å²) in [6.07, 6.45) is -0.197. The van der Waals surface area contributed by atoms with Gasteiger partial charge >= 0.3 is 0 Å². The van der Waals surface area contributed by atoms with E-state index in [2.05, 4.69) is 0 Å². The highest BCUT2D eigenvalue weighted by atomic mass is 16.2. The van der Waals surface area contributed by atoms with Gasteiger partial charge in [-0.1, -0.05) is 0 Å². The topological polar surface area (TPSA) is 81.5 Å². The molecule has 0 bridgehead atoms. The Hall–Kier alpha value is -1.90. The van der Waals surface area contributed by atoms with Crippen LogP contribution in [0, 0.1) is 23.2 Å². The molecule has 0 unspecified atom stereocenters. The number of hydrogen-bond donors (Lipinski definition) is 0.